The molecule has 3 N–H and O–H groups in total. The zero-order valence-electron chi connectivity index (χ0n) is 7.31. The molecule has 1 aromatic heterocycles. The molecule has 0 saturated heterocycles. The third-order valence-corrected chi connectivity index (χ3v) is 2.31. The lowest BCUT2D eigenvalue weighted by Crippen LogP contribution is -2.14. The van der Waals surface area contributed by atoms with E-state index in [0.29, 0.717) is 10.8 Å². The van der Waals surface area contributed by atoms with Crippen LogP contribution in [0.3, 0.4) is 0 Å². The molecular formula is C9H9ClN4. The SMILES string of the molecule is NC(c1ncn[nH]1)c1ccccc1Cl. The van der Waals surface area contributed by atoms with Gasteiger partial charge in [0.2, 0.25) is 0 Å². The molecule has 5 heteroatoms. The molecule has 0 radical (unpaired) electrons. The van der Waals surface area contributed by atoms with Crippen molar-refractivity contribution in [3.05, 3.63) is 47.0 Å². The summed E-state index contributed by atoms with van der Waals surface area (Å²) in [6.07, 6.45) is 1.42. The van der Waals surface area contributed by atoms with Crippen LogP contribution < -0.4 is 5.73 Å². The van der Waals surface area contributed by atoms with E-state index in [1.807, 2.05) is 18.2 Å². The maximum Gasteiger partial charge on any atom is 0.145 e. The molecule has 0 aliphatic heterocycles. The van der Waals surface area contributed by atoms with Crippen molar-refractivity contribution in [1.82, 2.24) is 15.2 Å². The Labute approximate surface area is 86.1 Å². The van der Waals surface area contributed by atoms with Crippen LogP contribution in [0.2, 0.25) is 5.02 Å². The van der Waals surface area contributed by atoms with Gasteiger partial charge in [0.25, 0.3) is 0 Å². The summed E-state index contributed by atoms with van der Waals surface area (Å²) in [6.45, 7) is 0. The Balaban J connectivity index is 2.37. The minimum atomic E-state index is -0.355. The van der Waals surface area contributed by atoms with Gasteiger partial charge in [0.15, 0.2) is 0 Å². The predicted molar refractivity (Wildman–Crippen MR) is 53.9 cm³/mol. The maximum atomic E-state index is 5.99. The van der Waals surface area contributed by atoms with Crippen LogP contribution >= 0.6 is 11.6 Å². The van der Waals surface area contributed by atoms with Crippen molar-refractivity contribution >= 4 is 11.6 Å². The van der Waals surface area contributed by atoms with Crippen LogP contribution in [0.1, 0.15) is 17.4 Å². The lowest BCUT2D eigenvalue weighted by Gasteiger charge is -2.09. The Morgan fingerprint density at radius 1 is 1.36 bits per heavy atom. The maximum absolute atomic E-state index is 5.99. The smallest absolute Gasteiger partial charge is 0.145 e. The van der Waals surface area contributed by atoms with E-state index in [-0.39, 0.29) is 6.04 Å². The molecule has 1 heterocycles. The van der Waals surface area contributed by atoms with Gasteiger partial charge in [-0.1, -0.05) is 29.8 Å². The second kappa shape index (κ2) is 3.77. The van der Waals surface area contributed by atoms with Gasteiger partial charge < -0.3 is 5.73 Å². The van der Waals surface area contributed by atoms with Crippen LogP contribution in [0, 0.1) is 0 Å². The van der Waals surface area contributed by atoms with Crippen LogP contribution in [-0.4, -0.2) is 15.2 Å². The highest BCUT2D eigenvalue weighted by atomic mass is 35.5. The number of nitrogens with one attached hydrogen (secondary N) is 1. The quantitative estimate of drug-likeness (QED) is 0.786. The van der Waals surface area contributed by atoms with Crippen LogP contribution in [0.15, 0.2) is 30.6 Å². The van der Waals surface area contributed by atoms with Crippen LogP contribution in [0.5, 0.6) is 0 Å². The summed E-state index contributed by atoms with van der Waals surface area (Å²) >= 11 is 5.99. The van der Waals surface area contributed by atoms with E-state index in [1.165, 1.54) is 6.33 Å². The van der Waals surface area contributed by atoms with Gasteiger partial charge >= 0.3 is 0 Å². The fraction of sp³-hybridized carbons (Fsp3) is 0.111. The molecule has 1 unspecified atom stereocenters. The van der Waals surface area contributed by atoms with E-state index in [0.717, 1.165) is 5.56 Å². The van der Waals surface area contributed by atoms with Crippen LogP contribution in [0.25, 0.3) is 0 Å². The molecular weight excluding hydrogens is 200 g/mol. The van der Waals surface area contributed by atoms with Gasteiger partial charge in [-0.3, -0.25) is 5.10 Å². The highest BCUT2D eigenvalue weighted by Gasteiger charge is 2.13. The standard InChI is InChI=1S/C9H9ClN4/c10-7-4-2-1-3-6(7)8(11)9-12-5-13-14-9/h1-5,8H,11H2,(H,12,13,14). The molecule has 2 aromatic rings. The Morgan fingerprint density at radius 2 is 2.14 bits per heavy atom. The summed E-state index contributed by atoms with van der Waals surface area (Å²) in [5.41, 5.74) is 6.78. The van der Waals surface area contributed by atoms with E-state index >= 15 is 0 Å². The van der Waals surface area contributed by atoms with E-state index in [4.69, 9.17) is 17.3 Å². The molecule has 4 nitrogen and oxygen atoms in total. The minimum absolute atomic E-state index is 0.355. The molecule has 0 saturated carbocycles. The largest absolute Gasteiger partial charge is 0.318 e. The zero-order chi connectivity index (χ0) is 9.97. The summed E-state index contributed by atoms with van der Waals surface area (Å²) in [7, 11) is 0. The summed E-state index contributed by atoms with van der Waals surface area (Å²) in [6, 6.07) is 7.06. The molecule has 14 heavy (non-hydrogen) atoms. The monoisotopic (exact) mass is 208 g/mol. The number of aromatic nitrogens is 3. The first kappa shape index (κ1) is 9.18. The normalized spacial score (nSPS) is 12.7. The number of H-pyrrole nitrogens is 1. The minimum Gasteiger partial charge on any atom is -0.318 e. The van der Waals surface area contributed by atoms with Crippen molar-refractivity contribution < 1.29 is 0 Å². The molecule has 0 spiro atoms. The molecule has 2 rings (SSSR count). The summed E-state index contributed by atoms with van der Waals surface area (Å²) in [4.78, 5) is 3.98. The van der Waals surface area contributed by atoms with Gasteiger partial charge in [-0.2, -0.15) is 5.10 Å². The summed E-state index contributed by atoms with van der Waals surface area (Å²) in [5.74, 6) is 0.609. The Morgan fingerprint density at radius 3 is 2.79 bits per heavy atom. The van der Waals surface area contributed by atoms with Crippen molar-refractivity contribution in [2.24, 2.45) is 5.73 Å². The number of aromatic amines is 1. The van der Waals surface area contributed by atoms with Crippen molar-refractivity contribution in [3.63, 3.8) is 0 Å². The highest BCUT2D eigenvalue weighted by molar-refractivity contribution is 6.31. The number of hydrogen-bond donors (Lipinski definition) is 2. The number of nitrogens with zero attached hydrogens (tertiary/aromatic N) is 2. The van der Waals surface area contributed by atoms with E-state index in [9.17, 15) is 0 Å². The zero-order valence-corrected chi connectivity index (χ0v) is 8.07. The van der Waals surface area contributed by atoms with Gasteiger partial charge in [0.05, 0.1) is 6.04 Å². The Kier molecular flexibility index (Phi) is 2.47. The lowest BCUT2D eigenvalue weighted by molar-refractivity contribution is 0.787. The summed E-state index contributed by atoms with van der Waals surface area (Å²) < 4.78 is 0. The average Bonchev–Trinajstić information content (AvgIpc) is 2.70. The van der Waals surface area contributed by atoms with Crippen molar-refractivity contribution in [1.29, 1.82) is 0 Å². The van der Waals surface area contributed by atoms with Crippen LogP contribution in [0.4, 0.5) is 0 Å². The van der Waals surface area contributed by atoms with Crippen LogP contribution in [-0.2, 0) is 0 Å². The first-order valence-electron chi connectivity index (χ1n) is 4.14. The van der Waals surface area contributed by atoms with Crippen molar-refractivity contribution in [2.45, 2.75) is 6.04 Å². The molecule has 72 valence electrons. The molecule has 1 aromatic carbocycles. The highest BCUT2D eigenvalue weighted by Crippen LogP contribution is 2.23. The second-order valence-electron chi connectivity index (χ2n) is 2.87. The molecule has 0 amide bonds. The first-order valence-corrected chi connectivity index (χ1v) is 4.52. The van der Waals surface area contributed by atoms with Gasteiger partial charge in [0.1, 0.15) is 12.2 Å². The summed E-state index contributed by atoms with van der Waals surface area (Å²) in [5, 5.41) is 7.09. The topological polar surface area (TPSA) is 67.6 Å². The number of nitrogens with two attached hydrogens (primary N) is 1. The molecule has 0 fully saturated rings. The average molecular weight is 209 g/mol. The molecule has 0 bridgehead atoms. The Hall–Kier alpha value is -1.39. The fourth-order valence-corrected chi connectivity index (χ4v) is 1.49. The number of halogens is 1. The fourth-order valence-electron chi connectivity index (χ4n) is 1.24. The van der Waals surface area contributed by atoms with Gasteiger partial charge in [-0.25, -0.2) is 4.98 Å². The predicted octanol–water partition coefficient (Wildman–Crippen LogP) is 1.51. The molecule has 1 atom stereocenters. The van der Waals surface area contributed by atoms with Crippen molar-refractivity contribution in [3.8, 4) is 0 Å². The first-order chi connectivity index (χ1) is 6.79. The Bertz CT molecular complexity index is 413. The van der Waals surface area contributed by atoms with E-state index in [1.54, 1.807) is 6.07 Å². The third kappa shape index (κ3) is 1.62. The third-order valence-electron chi connectivity index (χ3n) is 1.97. The second-order valence-corrected chi connectivity index (χ2v) is 3.28. The lowest BCUT2D eigenvalue weighted by atomic mass is 10.1. The number of rotatable bonds is 2. The van der Waals surface area contributed by atoms with Gasteiger partial charge in [0, 0.05) is 5.02 Å². The van der Waals surface area contributed by atoms with E-state index < -0.39 is 0 Å². The number of benzene rings is 1. The number of hydrogen-bond acceptors (Lipinski definition) is 3. The van der Waals surface area contributed by atoms with Gasteiger partial charge in [-0.05, 0) is 11.6 Å². The molecule has 0 aliphatic carbocycles. The van der Waals surface area contributed by atoms with Crippen molar-refractivity contribution in [2.75, 3.05) is 0 Å². The molecule has 0 aliphatic rings. The van der Waals surface area contributed by atoms with Gasteiger partial charge in [-0.15, -0.1) is 0 Å². The van der Waals surface area contributed by atoms with E-state index in [2.05, 4.69) is 15.2 Å².